The second-order valence-electron chi connectivity index (χ2n) is 4.46. The Hall–Kier alpha value is -3.08. The van der Waals surface area contributed by atoms with Crippen molar-refractivity contribution in [2.45, 2.75) is 0 Å². The molecule has 0 unspecified atom stereocenters. The van der Waals surface area contributed by atoms with E-state index >= 15 is 0 Å². The predicted octanol–water partition coefficient (Wildman–Crippen LogP) is 2.83. The molecule has 0 saturated heterocycles. The number of nitrogens with one attached hydrogen (secondary N) is 1. The summed E-state index contributed by atoms with van der Waals surface area (Å²) in [6, 6.07) is 18.3. The summed E-state index contributed by atoms with van der Waals surface area (Å²) in [5.41, 5.74) is 1.41. The highest BCUT2D eigenvalue weighted by atomic mass is 16.3. The summed E-state index contributed by atoms with van der Waals surface area (Å²) < 4.78 is 1.47. The lowest BCUT2D eigenvalue weighted by Crippen LogP contribution is -2.13. The lowest BCUT2D eigenvalue weighted by molar-refractivity contribution is 0.101. The number of hydrogen-bond acceptors (Lipinski definition) is 3. The number of amides is 1. The van der Waals surface area contributed by atoms with Gasteiger partial charge < -0.3 is 10.4 Å². The molecule has 2 N–H and O–H groups in total. The number of benzene rings is 2. The highest BCUT2D eigenvalue weighted by Crippen LogP contribution is 2.19. The molecule has 1 amide bonds. The van der Waals surface area contributed by atoms with Crippen LogP contribution in [-0.2, 0) is 0 Å². The fourth-order valence-corrected chi connectivity index (χ4v) is 1.95. The second-order valence-corrected chi connectivity index (χ2v) is 4.46. The van der Waals surface area contributed by atoms with E-state index in [0.29, 0.717) is 5.69 Å². The number of carbonyl (C=O) groups excluding carboxylic acids is 1. The average molecular weight is 279 g/mol. The Morgan fingerprint density at radius 2 is 1.62 bits per heavy atom. The highest BCUT2D eigenvalue weighted by molar-refractivity contribution is 6.04. The first kappa shape index (κ1) is 12.9. The molecular weight excluding hydrogens is 266 g/mol. The fraction of sp³-hybridized carbons (Fsp3) is 0. The molecule has 5 heteroatoms. The molecule has 0 aliphatic rings. The Labute approximate surface area is 121 Å². The van der Waals surface area contributed by atoms with Crippen molar-refractivity contribution in [3.05, 3.63) is 72.6 Å². The molecular formula is C16H13N3O2. The van der Waals surface area contributed by atoms with Crippen LogP contribution in [0.3, 0.4) is 0 Å². The first-order valence-corrected chi connectivity index (χ1v) is 6.44. The summed E-state index contributed by atoms with van der Waals surface area (Å²) >= 11 is 0. The van der Waals surface area contributed by atoms with Crippen LogP contribution in [0.15, 0.2) is 66.9 Å². The molecule has 1 heterocycles. The number of para-hydroxylation sites is 2. The summed E-state index contributed by atoms with van der Waals surface area (Å²) in [4.78, 5) is 12.1. The third-order valence-electron chi connectivity index (χ3n) is 2.96. The third kappa shape index (κ3) is 2.76. The van der Waals surface area contributed by atoms with Gasteiger partial charge in [-0.2, -0.15) is 5.10 Å². The fourth-order valence-electron chi connectivity index (χ4n) is 1.95. The molecule has 0 fully saturated rings. The van der Waals surface area contributed by atoms with Crippen molar-refractivity contribution < 1.29 is 9.90 Å². The number of rotatable bonds is 3. The van der Waals surface area contributed by atoms with Gasteiger partial charge in [-0.15, -0.1) is 0 Å². The first-order valence-electron chi connectivity index (χ1n) is 6.44. The maximum atomic E-state index is 12.1. The van der Waals surface area contributed by atoms with Crippen molar-refractivity contribution >= 4 is 11.6 Å². The van der Waals surface area contributed by atoms with E-state index < -0.39 is 5.91 Å². The van der Waals surface area contributed by atoms with Crippen LogP contribution in [0.2, 0.25) is 0 Å². The van der Waals surface area contributed by atoms with Crippen molar-refractivity contribution in [2.24, 2.45) is 0 Å². The molecule has 0 bridgehead atoms. The van der Waals surface area contributed by atoms with Crippen LogP contribution in [0.4, 0.5) is 5.69 Å². The van der Waals surface area contributed by atoms with Crippen LogP contribution in [0.5, 0.6) is 5.75 Å². The van der Waals surface area contributed by atoms with Crippen LogP contribution < -0.4 is 5.32 Å². The van der Waals surface area contributed by atoms with Gasteiger partial charge in [0.25, 0.3) is 5.91 Å². The molecule has 104 valence electrons. The minimum absolute atomic E-state index is 0.0114. The van der Waals surface area contributed by atoms with E-state index in [0.717, 1.165) is 5.69 Å². The summed E-state index contributed by atoms with van der Waals surface area (Å²) in [5, 5.41) is 16.7. The van der Waals surface area contributed by atoms with Crippen LogP contribution in [-0.4, -0.2) is 20.8 Å². The summed E-state index contributed by atoms with van der Waals surface area (Å²) in [6.07, 6.45) is 1.41. The van der Waals surface area contributed by atoms with Crippen molar-refractivity contribution in [1.29, 1.82) is 0 Å². The molecule has 0 saturated carbocycles. The number of nitrogens with zero attached hydrogens (tertiary/aromatic N) is 2. The minimum Gasteiger partial charge on any atom is -0.504 e. The number of carbonyl (C=O) groups is 1. The largest absolute Gasteiger partial charge is 0.504 e. The Bertz CT molecular complexity index is 752. The maximum Gasteiger partial charge on any atom is 0.280 e. The SMILES string of the molecule is O=C(Nc1ccccc1)c1nn(-c2ccccc2)cc1O. The van der Waals surface area contributed by atoms with Crippen molar-refractivity contribution in [1.82, 2.24) is 9.78 Å². The Kier molecular flexibility index (Phi) is 3.39. The Morgan fingerprint density at radius 3 is 2.29 bits per heavy atom. The topological polar surface area (TPSA) is 67.2 Å². The van der Waals surface area contributed by atoms with Gasteiger partial charge in [-0.05, 0) is 24.3 Å². The Morgan fingerprint density at radius 1 is 1.00 bits per heavy atom. The van der Waals surface area contributed by atoms with Gasteiger partial charge in [-0.1, -0.05) is 36.4 Å². The Balaban J connectivity index is 1.86. The predicted molar refractivity (Wildman–Crippen MR) is 79.6 cm³/mol. The van der Waals surface area contributed by atoms with E-state index in [1.54, 1.807) is 12.1 Å². The van der Waals surface area contributed by atoms with Crippen LogP contribution in [0, 0.1) is 0 Å². The zero-order valence-corrected chi connectivity index (χ0v) is 11.1. The third-order valence-corrected chi connectivity index (χ3v) is 2.96. The minimum atomic E-state index is -0.451. The van der Waals surface area contributed by atoms with Gasteiger partial charge in [0.15, 0.2) is 11.4 Å². The van der Waals surface area contributed by atoms with Crippen LogP contribution in [0.25, 0.3) is 5.69 Å². The van der Waals surface area contributed by atoms with E-state index in [9.17, 15) is 9.90 Å². The van der Waals surface area contributed by atoms with E-state index in [1.165, 1.54) is 10.9 Å². The normalized spacial score (nSPS) is 10.3. The van der Waals surface area contributed by atoms with Gasteiger partial charge >= 0.3 is 0 Å². The smallest absolute Gasteiger partial charge is 0.280 e. The molecule has 3 aromatic rings. The highest BCUT2D eigenvalue weighted by Gasteiger charge is 2.17. The lowest BCUT2D eigenvalue weighted by atomic mass is 10.3. The molecule has 0 aliphatic carbocycles. The van der Waals surface area contributed by atoms with E-state index in [1.807, 2.05) is 48.5 Å². The number of aromatic hydroxyl groups is 1. The van der Waals surface area contributed by atoms with Gasteiger partial charge in [-0.3, -0.25) is 4.79 Å². The van der Waals surface area contributed by atoms with E-state index in [4.69, 9.17) is 0 Å². The van der Waals surface area contributed by atoms with E-state index in [-0.39, 0.29) is 11.4 Å². The van der Waals surface area contributed by atoms with Crippen LogP contribution >= 0.6 is 0 Å². The molecule has 0 atom stereocenters. The van der Waals surface area contributed by atoms with Crippen molar-refractivity contribution in [3.63, 3.8) is 0 Å². The molecule has 3 rings (SSSR count). The quantitative estimate of drug-likeness (QED) is 0.774. The first-order chi connectivity index (χ1) is 10.2. The summed E-state index contributed by atoms with van der Waals surface area (Å²) in [5.74, 6) is -0.610. The molecule has 0 spiro atoms. The lowest BCUT2D eigenvalue weighted by Gasteiger charge is -2.02. The van der Waals surface area contributed by atoms with Gasteiger partial charge in [-0.25, -0.2) is 4.68 Å². The molecule has 1 aromatic heterocycles. The zero-order valence-electron chi connectivity index (χ0n) is 11.1. The van der Waals surface area contributed by atoms with Crippen molar-refractivity contribution in [2.75, 3.05) is 5.32 Å². The van der Waals surface area contributed by atoms with Gasteiger partial charge in [0.1, 0.15) is 0 Å². The number of anilines is 1. The van der Waals surface area contributed by atoms with Crippen molar-refractivity contribution in [3.8, 4) is 11.4 Å². The summed E-state index contributed by atoms with van der Waals surface area (Å²) in [7, 11) is 0. The van der Waals surface area contributed by atoms with Gasteiger partial charge in [0.2, 0.25) is 0 Å². The van der Waals surface area contributed by atoms with Gasteiger partial charge in [0.05, 0.1) is 11.9 Å². The van der Waals surface area contributed by atoms with E-state index in [2.05, 4.69) is 10.4 Å². The maximum absolute atomic E-state index is 12.1. The molecule has 5 nitrogen and oxygen atoms in total. The van der Waals surface area contributed by atoms with Gasteiger partial charge in [0, 0.05) is 5.69 Å². The standard InChI is InChI=1S/C16H13N3O2/c20-14-11-19(13-9-5-2-6-10-13)18-15(14)16(21)17-12-7-3-1-4-8-12/h1-11,20H,(H,17,21). The average Bonchev–Trinajstić information content (AvgIpc) is 2.91. The molecule has 2 aromatic carbocycles. The number of aromatic nitrogens is 2. The zero-order chi connectivity index (χ0) is 14.7. The summed E-state index contributed by atoms with van der Waals surface area (Å²) in [6.45, 7) is 0. The molecule has 0 aliphatic heterocycles. The molecule has 0 radical (unpaired) electrons. The number of hydrogen-bond donors (Lipinski definition) is 2. The monoisotopic (exact) mass is 279 g/mol. The molecule has 21 heavy (non-hydrogen) atoms. The van der Waals surface area contributed by atoms with Crippen LogP contribution in [0.1, 0.15) is 10.5 Å². The second kappa shape index (κ2) is 5.50.